The number of carbonyl (C=O) groups excluding carboxylic acids is 1. The highest BCUT2D eigenvalue weighted by atomic mass is 16.5. The number of aromatic nitrogens is 2. The van der Waals surface area contributed by atoms with Crippen LogP contribution in [0.25, 0.3) is 0 Å². The standard InChI is InChI=1S/C15H16N2O2/c1-2-19-14(18)15(13-9-16-10-17-13)7-11-5-3-4-6-12(11)8-15/h3-6,9-10H,2,7-8H2,1H3,(H,16,17). The summed E-state index contributed by atoms with van der Waals surface area (Å²) >= 11 is 0. The first kappa shape index (κ1) is 12.0. The van der Waals surface area contributed by atoms with E-state index in [1.165, 1.54) is 11.1 Å². The Hall–Kier alpha value is -2.10. The van der Waals surface area contributed by atoms with E-state index in [1.807, 2.05) is 19.1 Å². The molecule has 1 aliphatic carbocycles. The third-order valence-electron chi connectivity index (χ3n) is 3.78. The molecule has 0 amide bonds. The number of nitrogens with one attached hydrogen (secondary N) is 1. The van der Waals surface area contributed by atoms with Crippen molar-refractivity contribution in [2.24, 2.45) is 0 Å². The number of esters is 1. The van der Waals surface area contributed by atoms with Gasteiger partial charge in [-0.2, -0.15) is 0 Å². The van der Waals surface area contributed by atoms with E-state index in [4.69, 9.17) is 4.74 Å². The van der Waals surface area contributed by atoms with Crippen LogP contribution >= 0.6 is 0 Å². The zero-order chi connectivity index (χ0) is 13.3. The molecule has 0 spiro atoms. The first-order chi connectivity index (χ1) is 9.26. The van der Waals surface area contributed by atoms with Gasteiger partial charge in [-0.15, -0.1) is 0 Å². The summed E-state index contributed by atoms with van der Waals surface area (Å²) in [5.74, 6) is -0.171. The van der Waals surface area contributed by atoms with Crippen LogP contribution in [-0.2, 0) is 27.8 Å². The second-order valence-electron chi connectivity index (χ2n) is 4.89. The van der Waals surface area contributed by atoms with Crippen molar-refractivity contribution in [2.45, 2.75) is 25.2 Å². The molecule has 3 rings (SSSR count). The van der Waals surface area contributed by atoms with E-state index in [0.29, 0.717) is 19.4 Å². The summed E-state index contributed by atoms with van der Waals surface area (Å²) in [5, 5.41) is 0. The summed E-state index contributed by atoms with van der Waals surface area (Å²) in [6.07, 6.45) is 4.68. The highest BCUT2D eigenvalue weighted by molar-refractivity contribution is 5.84. The predicted octanol–water partition coefficient (Wildman–Crippen LogP) is 2.01. The van der Waals surface area contributed by atoms with Gasteiger partial charge in [-0.3, -0.25) is 4.79 Å². The maximum absolute atomic E-state index is 12.5. The van der Waals surface area contributed by atoms with Crippen LogP contribution in [-0.4, -0.2) is 22.5 Å². The predicted molar refractivity (Wildman–Crippen MR) is 70.7 cm³/mol. The fourth-order valence-corrected chi connectivity index (χ4v) is 2.85. The molecule has 1 N–H and O–H groups in total. The summed E-state index contributed by atoms with van der Waals surface area (Å²) < 4.78 is 5.30. The summed E-state index contributed by atoms with van der Waals surface area (Å²) in [5.41, 5.74) is 2.62. The number of rotatable bonds is 3. The van der Waals surface area contributed by atoms with Crippen molar-refractivity contribution in [1.29, 1.82) is 0 Å². The van der Waals surface area contributed by atoms with Gasteiger partial charge in [0.05, 0.1) is 18.6 Å². The van der Waals surface area contributed by atoms with E-state index in [1.54, 1.807) is 12.5 Å². The lowest BCUT2D eigenvalue weighted by Gasteiger charge is -2.25. The highest BCUT2D eigenvalue weighted by Crippen LogP contribution is 2.39. The molecular weight excluding hydrogens is 240 g/mol. The number of carbonyl (C=O) groups is 1. The summed E-state index contributed by atoms with van der Waals surface area (Å²) in [6.45, 7) is 2.23. The smallest absolute Gasteiger partial charge is 0.318 e. The Kier molecular flexibility index (Phi) is 2.85. The molecule has 0 saturated carbocycles. The molecule has 1 aliphatic rings. The van der Waals surface area contributed by atoms with Crippen LogP contribution in [0, 0.1) is 0 Å². The van der Waals surface area contributed by atoms with Crippen LogP contribution in [0.1, 0.15) is 23.7 Å². The van der Waals surface area contributed by atoms with Crippen molar-refractivity contribution in [3.8, 4) is 0 Å². The number of aromatic amines is 1. The van der Waals surface area contributed by atoms with E-state index in [0.717, 1.165) is 5.69 Å². The van der Waals surface area contributed by atoms with Gasteiger partial charge in [-0.05, 0) is 30.9 Å². The SMILES string of the molecule is CCOC(=O)C1(c2cnc[nH]2)Cc2ccccc2C1. The van der Waals surface area contributed by atoms with E-state index in [2.05, 4.69) is 22.1 Å². The van der Waals surface area contributed by atoms with Crippen LogP contribution in [0.2, 0.25) is 0 Å². The van der Waals surface area contributed by atoms with Gasteiger partial charge < -0.3 is 9.72 Å². The van der Waals surface area contributed by atoms with E-state index in [-0.39, 0.29) is 5.97 Å². The largest absolute Gasteiger partial charge is 0.465 e. The minimum absolute atomic E-state index is 0.171. The third-order valence-corrected chi connectivity index (χ3v) is 3.78. The number of nitrogens with zero attached hydrogens (tertiary/aromatic N) is 1. The number of H-pyrrole nitrogens is 1. The molecule has 0 radical (unpaired) electrons. The number of hydrogen-bond acceptors (Lipinski definition) is 3. The average molecular weight is 256 g/mol. The normalized spacial score (nSPS) is 16.1. The van der Waals surface area contributed by atoms with Gasteiger partial charge in [0.25, 0.3) is 0 Å². The Morgan fingerprint density at radius 3 is 2.58 bits per heavy atom. The van der Waals surface area contributed by atoms with Crippen LogP contribution in [0.5, 0.6) is 0 Å². The molecular formula is C15H16N2O2. The molecule has 0 aliphatic heterocycles. The van der Waals surface area contributed by atoms with Crippen LogP contribution in [0.4, 0.5) is 0 Å². The van der Waals surface area contributed by atoms with Gasteiger partial charge in [0.15, 0.2) is 0 Å². The Morgan fingerprint density at radius 1 is 1.37 bits per heavy atom. The quantitative estimate of drug-likeness (QED) is 0.855. The Labute approximate surface area is 111 Å². The fraction of sp³-hybridized carbons (Fsp3) is 0.333. The summed E-state index contributed by atoms with van der Waals surface area (Å²) in [4.78, 5) is 19.6. The third kappa shape index (κ3) is 1.84. The molecule has 98 valence electrons. The summed E-state index contributed by atoms with van der Waals surface area (Å²) in [7, 11) is 0. The number of fused-ring (bicyclic) bond motifs is 1. The van der Waals surface area contributed by atoms with Crippen molar-refractivity contribution in [3.05, 3.63) is 53.6 Å². The number of hydrogen-bond donors (Lipinski definition) is 1. The zero-order valence-corrected chi connectivity index (χ0v) is 10.8. The van der Waals surface area contributed by atoms with Crippen LogP contribution < -0.4 is 0 Å². The maximum Gasteiger partial charge on any atom is 0.318 e. The molecule has 4 heteroatoms. The van der Waals surface area contributed by atoms with Crippen molar-refractivity contribution in [1.82, 2.24) is 9.97 Å². The van der Waals surface area contributed by atoms with E-state index in [9.17, 15) is 4.79 Å². The highest BCUT2D eigenvalue weighted by Gasteiger charge is 2.47. The minimum Gasteiger partial charge on any atom is -0.465 e. The molecule has 2 aromatic rings. The van der Waals surface area contributed by atoms with Crippen LogP contribution in [0.15, 0.2) is 36.8 Å². The maximum atomic E-state index is 12.5. The molecule has 4 nitrogen and oxygen atoms in total. The number of ether oxygens (including phenoxy) is 1. The van der Waals surface area contributed by atoms with Gasteiger partial charge >= 0.3 is 5.97 Å². The van der Waals surface area contributed by atoms with Gasteiger partial charge in [0, 0.05) is 6.20 Å². The summed E-state index contributed by atoms with van der Waals surface area (Å²) in [6, 6.07) is 8.17. The van der Waals surface area contributed by atoms with Gasteiger partial charge in [-0.1, -0.05) is 24.3 Å². The number of benzene rings is 1. The Bertz CT molecular complexity index is 565. The topological polar surface area (TPSA) is 55.0 Å². The fourth-order valence-electron chi connectivity index (χ4n) is 2.85. The molecule has 1 aromatic carbocycles. The number of imidazole rings is 1. The van der Waals surface area contributed by atoms with Gasteiger partial charge in [0.1, 0.15) is 5.41 Å². The monoisotopic (exact) mass is 256 g/mol. The second kappa shape index (κ2) is 4.53. The Morgan fingerprint density at radius 2 is 2.05 bits per heavy atom. The lowest BCUT2D eigenvalue weighted by molar-refractivity contribution is -0.150. The zero-order valence-electron chi connectivity index (χ0n) is 10.8. The van der Waals surface area contributed by atoms with Crippen molar-refractivity contribution in [3.63, 3.8) is 0 Å². The molecule has 1 aromatic heterocycles. The molecule has 0 unspecified atom stereocenters. The van der Waals surface area contributed by atoms with E-state index >= 15 is 0 Å². The van der Waals surface area contributed by atoms with Crippen molar-refractivity contribution < 1.29 is 9.53 Å². The second-order valence-corrected chi connectivity index (χ2v) is 4.89. The molecule has 0 atom stereocenters. The first-order valence-electron chi connectivity index (χ1n) is 6.49. The van der Waals surface area contributed by atoms with Gasteiger partial charge in [-0.25, -0.2) is 4.98 Å². The van der Waals surface area contributed by atoms with Gasteiger partial charge in [0.2, 0.25) is 0 Å². The molecule has 0 bridgehead atoms. The van der Waals surface area contributed by atoms with Crippen molar-refractivity contribution in [2.75, 3.05) is 6.61 Å². The lowest BCUT2D eigenvalue weighted by Crippen LogP contribution is -2.38. The molecule has 0 saturated heterocycles. The first-order valence-corrected chi connectivity index (χ1v) is 6.49. The minimum atomic E-state index is -0.643. The molecule has 19 heavy (non-hydrogen) atoms. The molecule has 1 heterocycles. The average Bonchev–Trinajstić information content (AvgIpc) is 3.06. The lowest BCUT2D eigenvalue weighted by atomic mass is 9.81. The van der Waals surface area contributed by atoms with E-state index < -0.39 is 5.41 Å². The van der Waals surface area contributed by atoms with Crippen molar-refractivity contribution >= 4 is 5.97 Å². The van der Waals surface area contributed by atoms with Crippen LogP contribution in [0.3, 0.4) is 0 Å². The Balaban J connectivity index is 2.04. The molecule has 0 fully saturated rings.